The third-order valence-corrected chi connectivity index (χ3v) is 1.51. The molecule has 0 aliphatic carbocycles. The Morgan fingerprint density at radius 3 is 1.73 bits per heavy atom. The second kappa shape index (κ2) is 6.58. The highest BCUT2D eigenvalue weighted by molar-refractivity contribution is 6.14. The van der Waals surface area contributed by atoms with Gasteiger partial charge in [-0.05, 0) is 0 Å². The van der Waals surface area contributed by atoms with Crippen molar-refractivity contribution in [2.45, 2.75) is 6.42 Å². The molecule has 0 aromatic carbocycles. The minimum Gasteiger partial charge on any atom is -0.469 e. The molecular weight excluding hydrogens is 204 g/mol. The van der Waals surface area contributed by atoms with Crippen molar-refractivity contribution in [3.63, 3.8) is 0 Å². The number of esters is 3. The van der Waals surface area contributed by atoms with E-state index in [1.54, 1.807) is 0 Å². The lowest BCUT2D eigenvalue weighted by molar-refractivity contribution is -0.144. The van der Waals surface area contributed by atoms with E-state index in [9.17, 15) is 14.4 Å². The number of carbonyl (C=O) groups excluding carboxylic acids is 3. The molecule has 0 bridgehead atoms. The van der Waals surface area contributed by atoms with Gasteiger partial charge < -0.3 is 14.2 Å². The Balaban J connectivity index is 4.70. The predicted octanol–water partition coefficient (Wildman–Crippen LogP) is -0.178. The van der Waals surface area contributed by atoms with Gasteiger partial charge in [-0.3, -0.25) is 4.79 Å². The number of carbonyl (C=O) groups is 3. The Morgan fingerprint density at radius 1 is 0.933 bits per heavy atom. The van der Waals surface area contributed by atoms with Crippen LogP contribution in [0.25, 0.3) is 0 Å². The minimum absolute atomic E-state index is 0.198. The molecule has 6 heteroatoms. The van der Waals surface area contributed by atoms with Gasteiger partial charge in [0.25, 0.3) is 0 Å². The van der Waals surface area contributed by atoms with E-state index in [-0.39, 0.29) is 12.0 Å². The van der Waals surface area contributed by atoms with E-state index in [1.807, 2.05) is 0 Å². The van der Waals surface area contributed by atoms with Crippen LogP contribution in [0.4, 0.5) is 0 Å². The van der Waals surface area contributed by atoms with Crippen molar-refractivity contribution in [2.24, 2.45) is 0 Å². The normalized spacial score (nSPS) is 8.73. The monoisotopic (exact) mass is 216 g/mol. The molecule has 0 aromatic rings. The first-order valence-electron chi connectivity index (χ1n) is 4.00. The molecule has 0 N–H and O–H groups in total. The standard InChI is InChI=1S/C9H12O6/c1-13-7(10)5-4-6(8(11)14-2)9(12)15-3/h4H,5H2,1-3H3. The molecule has 0 spiro atoms. The van der Waals surface area contributed by atoms with Crippen molar-refractivity contribution >= 4 is 17.9 Å². The molecule has 0 unspecified atom stereocenters. The number of ether oxygens (including phenoxy) is 3. The van der Waals surface area contributed by atoms with Crippen molar-refractivity contribution in [1.82, 2.24) is 0 Å². The Labute approximate surface area is 86.8 Å². The highest BCUT2D eigenvalue weighted by atomic mass is 16.5. The summed E-state index contributed by atoms with van der Waals surface area (Å²) in [7, 11) is 3.45. The molecule has 0 aliphatic rings. The third-order valence-electron chi connectivity index (χ3n) is 1.51. The lowest BCUT2D eigenvalue weighted by Gasteiger charge is -2.02. The zero-order valence-electron chi connectivity index (χ0n) is 8.73. The topological polar surface area (TPSA) is 78.9 Å². The van der Waals surface area contributed by atoms with Crippen molar-refractivity contribution in [2.75, 3.05) is 21.3 Å². The fourth-order valence-corrected chi connectivity index (χ4v) is 0.739. The van der Waals surface area contributed by atoms with Crippen LogP contribution in [0.3, 0.4) is 0 Å². The van der Waals surface area contributed by atoms with Crippen molar-refractivity contribution in [1.29, 1.82) is 0 Å². The molecule has 0 aromatic heterocycles. The van der Waals surface area contributed by atoms with Crippen molar-refractivity contribution in [3.05, 3.63) is 11.6 Å². The van der Waals surface area contributed by atoms with E-state index in [1.165, 1.54) is 7.11 Å². The third kappa shape index (κ3) is 4.26. The zero-order valence-corrected chi connectivity index (χ0v) is 8.73. The highest BCUT2D eigenvalue weighted by Gasteiger charge is 2.19. The minimum atomic E-state index is -0.856. The Bertz CT molecular complexity index is 273. The summed E-state index contributed by atoms with van der Waals surface area (Å²) < 4.78 is 13.0. The summed E-state index contributed by atoms with van der Waals surface area (Å²) in [5.74, 6) is -2.28. The van der Waals surface area contributed by atoms with Gasteiger partial charge >= 0.3 is 17.9 Å². The van der Waals surface area contributed by atoms with Crippen LogP contribution in [0.2, 0.25) is 0 Å². The number of hydrogen-bond donors (Lipinski definition) is 0. The van der Waals surface area contributed by atoms with Crippen LogP contribution in [0.15, 0.2) is 11.6 Å². The van der Waals surface area contributed by atoms with Crippen LogP contribution < -0.4 is 0 Å². The quantitative estimate of drug-likeness (QED) is 0.213. The number of methoxy groups -OCH3 is 3. The van der Waals surface area contributed by atoms with Gasteiger partial charge in [-0.2, -0.15) is 0 Å². The summed E-state index contributed by atoms with van der Waals surface area (Å²) in [5, 5.41) is 0. The van der Waals surface area contributed by atoms with E-state index in [0.717, 1.165) is 20.3 Å². The maximum Gasteiger partial charge on any atom is 0.344 e. The summed E-state index contributed by atoms with van der Waals surface area (Å²) in [6, 6.07) is 0. The van der Waals surface area contributed by atoms with Gasteiger partial charge in [0.05, 0.1) is 27.8 Å². The van der Waals surface area contributed by atoms with Gasteiger partial charge in [-0.1, -0.05) is 6.08 Å². The van der Waals surface area contributed by atoms with E-state index >= 15 is 0 Å². The molecule has 0 saturated heterocycles. The number of rotatable bonds is 4. The maximum atomic E-state index is 11.1. The fraction of sp³-hybridized carbons (Fsp3) is 0.444. The van der Waals surface area contributed by atoms with Crippen LogP contribution in [-0.2, 0) is 28.6 Å². The summed E-state index contributed by atoms with van der Waals surface area (Å²) in [6.45, 7) is 0. The van der Waals surface area contributed by atoms with Crippen molar-refractivity contribution in [3.8, 4) is 0 Å². The first kappa shape index (κ1) is 13.2. The molecule has 0 aliphatic heterocycles. The molecular formula is C9H12O6. The molecule has 0 rings (SSSR count). The molecule has 0 fully saturated rings. The first-order valence-corrected chi connectivity index (χ1v) is 4.00. The van der Waals surface area contributed by atoms with Crippen LogP contribution in [0, 0.1) is 0 Å². The molecule has 0 saturated carbocycles. The van der Waals surface area contributed by atoms with Crippen LogP contribution in [0.1, 0.15) is 6.42 Å². The highest BCUT2D eigenvalue weighted by Crippen LogP contribution is 2.03. The van der Waals surface area contributed by atoms with Gasteiger partial charge in [0, 0.05) is 0 Å². The van der Waals surface area contributed by atoms with Crippen LogP contribution in [-0.4, -0.2) is 39.2 Å². The lowest BCUT2D eigenvalue weighted by atomic mass is 10.2. The molecule has 15 heavy (non-hydrogen) atoms. The van der Waals surface area contributed by atoms with E-state index < -0.39 is 17.9 Å². The average Bonchev–Trinajstić information content (AvgIpc) is 2.27. The maximum absolute atomic E-state index is 11.1. The Hall–Kier alpha value is -1.85. The van der Waals surface area contributed by atoms with Crippen molar-refractivity contribution < 1.29 is 28.6 Å². The summed E-state index contributed by atoms with van der Waals surface area (Å²) in [6.07, 6.45) is 0.902. The summed E-state index contributed by atoms with van der Waals surface area (Å²) in [4.78, 5) is 32.9. The van der Waals surface area contributed by atoms with Gasteiger partial charge in [-0.25, -0.2) is 9.59 Å². The van der Waals surface area contributed by atoms with Gasteiger partial charge in [0.2, 0.25) is 0 Å². The Kier molecular flexibility index (Phi) is 5.77. The van der Waals surface area contributed by atoms with Crippen LogP contribution in [0.5, 0.6) is 0 Å². The Morgan fingerprint density at radius 2 is 1.40 bits per heavy atom. The zero-order chi connectivity index (χ0) is 11.8. The molecule has 0 heterocycles. The van der Waals surface area contributed by atoms with Gasteiger partial charge in [0.15, 0.2) is 0 Å². The van der Waals surface area contributed by atoms with E-state index in [4.69, 9.17) is 0 Å². The largest absolute Gasteiger partial charge is 0.469 e. The first-order chi connectivity index (χ1) is 7.06. The number of hydrogen-bond acceptors (Lipinski definition) is 6. The molecule has 0 amide bonds. The lowest BCUT2D eigenvalue weighted by Crippen LogP contribution is -2.16. The van der Waals surface area contributed by atoms with E-state index in [2.05, 4.69) is 14.2 Å². The molecule has 6 nitrogen and oxygen atoms in total. The molecule has 84 valence electrons. The smallest absolute Gasteiger partial charge is 0.344 e. The molecule has 0 atom stereocenters. The average molecular weight is 216 g/mol. The van der Waals surface area contributed by atoms with Gasteiger partial charge in [0.1, 0.15) is 5.57 Å². The molecule has 0 radical (unpaired) electrons. The SMILES string of the molecule is COC(=O)CC=C(C(=O)OC)C(=O)OC. The fourth-order valence-electron chi connectivity index (χ4n) is 0.739. The second-order valence-electron chi connectivity index (χ2n) is 2.38. The van der Waals surface area contributed by atoms with E-state index in [0.29, 0.717) is 0 Å². The van der Waals surface area contributed by atoms with Crippen LogP contribution >= 0.6 is 0 Å². The van der Waals surface area contributed by atoms with Gasteiger partial charge in [-0.15, -0.1) is 0 Å². The second-order valence-corrected chi connectivity index (χ2v) is 2.38. The predicted molar refractivity (Wildman–Crippen MR) is 48.7 cm³/mol. The summed E-state index contributed by atoms with van der Waals surface area (Å²) in [5.41, 5.74) is -0.328. The summed E-state index contributed by atoms with van der Waals surface area (Å²) >= 11 is 0.